The fraction of sp³-hybridized carbons (Fsp3) is 0.211. The van der Waals surface area contributed by atoms with Gasteiger partial charge >= 0.3 is 5.97 Å². The zero-order valence-electron chi connectivity index (χ0n) is 12.7. The number of nitrogens with one attached hydrogen (secondary N) is 1. The number of hydrogen-bond acceptors (Lipinski definition) is 2. The van der Waals surface area contributed by atoms with E-state index in [0.717, 1.165) is 22.1 Å². The molecule has 3 atom stereocenters. The fourth-order valence-corrected chi connectivity index (χ4v) is 4.65. The van der Waals surface area contributed by atoms with Crippen molar-refractivity contribution >= 4 is 39.2 Å². The molecular weight excluding hydrogens is 390 g/mol. The molecular formula is C19H15BrClNO2. The minimum atomic E-state index is -0.914. The summed E-state index contributed by atoms with van der Waals surface area (Å²) in [6.07, 6.45) is 5.17. The molecule has 0 radical (unpaired) electrons. The SMILES string of the molecule is O=C(O)c1ccc(Cl)c2c1[C@H]1C=CC[C@@H]1[C@@H](c1ccccc1Br)N2. The summed E-state index contributed by atoms with van der Waals surface area (Å²) in [4.78, 5) is 11.7. The molecule has 24 heavy (non-hydrogen) atoms. The minimum Gasteiger partial charge on any atom is -0.478 e. The first-order valence-electron chi connectivity index (χ1n) is 7.81. The van der Waals surface area contributed by atoms with Gasteiger partial charge < -0.3 is 10.4 Å². The van der Waals surface area contributed by atoms with Crippen LogP contribution in [0.2, 0.25) is 5.02 Å². The Morgan fingerprint density at radius 3 is 2.79 bits per heavy atom. The zero-order valence-corrected chi connectivity index (χ0v) is 15.0. The van der Waals surface area contributed by atoms with Crippen molar-refractivity contribution < 1.29 is 9.90 Å². The van der Waals surface area contributed by atoms with Gasteiger partial charge in [0.1, 0.15) is 0 Å². The number of rotatable bonds is 2. The molecule has 0 saturated carbocycles. The summed E-state index contributed by atoms with van der Waals surface area (Å²) in [6, 6.07) is 11.5. The number of carboxylic acid groups (broad SMARTS) is 1. The first-order chi connectivity index (χ1) is 11.6. The lowest BCUT2D eigenvalue weighted by atomic mass is 9.75. The van der Waals surface area contributed by atoms with Crippen molar-refractivity contribution in [3.63, 3.8) is 0 Å². The smallest absolute Gasteiger partial charge is 0.336 e. The van der Waals surface area contributed by atoms with E-state index < -0.39 is 5.97 Å². The van der Waals surface area contributed by atoms with Crippen molar-refractivity contribution in [2.75, 3.05) is 5.32 Å². The van der Waals surface area contributed by atoms with Crippen molar-refractivity contribution in [3.05, 3.63) is 74.7 Å². The maximum Gasteiger partial charge on any atom is 0.336 e. The van der Waals surface area contributed by atoms with Crippen molar-refractivity contribution in [2.45, 2.75) is 18.4 Å². The highest BCUT2D eigenvalue weighted by Crippen LogP contribution is 2.53. The van der Waals surface area contributed by atoms with E-state index in [1.165, 1.54) is 5.56 Å². The van der Waals surface area contributed by atoms with Gasteiger partial charge in [0.15, 0.2) is 0 Å². The van der Waals surface area contributed by atoms with E-state index in [-0.39, 0.29) is 17.9 Å². The zero-order chi connectivity index (χ0) is 16.8. The van der Waals surface area contributed by atoms with Crippen LogP contribution in [0.5, 0.6) is 0 Å². The Labute approximate surface area is 153 Å². The van der Waals surface area contributed by atoms with Crippen molar-refractivity contribution in [1.29, 1.82) is 0 Å². The summed E-state index contributed by atoms with van der Waals surface area (Å²) < 4.78 is 1.04. The van der Waals surface area contributed by atoms with Crippen molar-refractivity contribution in [2.24, 2.45) is 5.92 Å². The topological polar surface area (TPSA) is 49.3 Å². The molecule has 0 spiro atoms. The van der Waals surface area contributed by atoms with Crippen molar-refractivity contribution in [3.8, 4) is 0 Å². The third kappa shape index (κ3) is 2.36. The molecule has 2 aliphatic rings. The van der Waals surface area contributed by atoms with E-state index >= 15 is 0 Å². The van der Waals surface area contributed by atoms with Gasteiger partial charge in [-0.25, -0.2) is 4.79 Å². The van der Waals surface area contributed by atoms with Gasteiger partial charge in [-0.3, -0.25) is 0 Å². The summed E-state index contributed by atoms with van der Waals surface area (Å²) in [5, 5.41) is 13.7. The summed E-state index contributed by atoms with van der Waals surface area (Å²) >= 11 is 10.0. The van der Waals surface area contributed by atoms with Crippen LogP contribution in [0.3, 0.4) is 0 Å². The highest BCUT2D eigenvalue weighted by atomic mass is 79.9. The Morgan fingerprint density at radius 1 is 1.25 bits per heavy atom. The Kier molecular flexibility index (Phi) is 3.89. The number of hydrogen-bond donors (Lipinski definition) is 2. The number of carbonyl (C=O) groups is 1. The summed E-state index contributed by atoms with van der Waals surface area (Å²) in [7, 11) is 0. The second-order valence-corrected chi connectivity index (χ2v) is 7.45. The van der Waals surface area contributed by atoms with Crippen molar-refractivity contribution in [1.82, 2.24) is 0 Å². The predicted octanol–water partition coefficient (Wildman–Crippen LogP) is 5.63. The van der Waals surface area contributed by atoms with Crippen LogP contribution in [-0.4, -0.2) is 11.1 Å². The molecule has 2 aromatic carbocycles. The van der Waals surface area contributed by atoms with E-state index in [9.17, 15) is 9.90 Å². The fourth-order valence-electron chi connectivity index (χ4n) is 3.90. The van der Waals surface area contributed by atoms with Crippen LogP contribution in [0.15, 0.2) is 53.0 Å². The molecule has 0 aromatic heterocycles. The highest BCUT2D eigenvalue weighted by molar-refractivity contribution is 9.10. The highest BCUT2D eigenvalue weighted by Gasteiger charge is 2.41. The number of halogens is 2. The molecule has 0 amide bonds. The second kappa shape index (κ2) is 5.94. The largest absolute Gasteiger partial charge is 0.478 e. The van der Waals surface area contributed by atoms with Crippen LogP contribution >= 0.6 is 27.5 Å². The maximum absolute atomic E-state index is 11.7. The lowest BCUT2D eigenvalue weighted by molar-refractivity contribution is 0.0695. The van der Waals surface area contributed by atoms with Crippen LogP contribution in [0.25, 0.3) is 0 Å². The van der Waals surface area contributed by atoms with Crippen LogP contribution in [0, 0.1) is 5.92 Å². The summed E-state index contributed by atoms with van der Waals surface area (Å²) in [6.45, 7) is 0. The summed E-state index contributed by atoms with van der Waals surface area (Å²) in [5.41, 5.74) is 3.04. The quantitative estimate of drug-likeness (QED) is 0.638. The van der Waals surface area contributed by atoms with Gasteiger partial charge in [0, 0.05) is 10.4 Å². The average molecular weight is 405 g/mol. The molecule has 2 aromatic rings. The summed E-state index contributed by atoms with van der Waals surface area (Å²) in [5.74, 6) is -0.584. The molecule has 1 aliphatic heterocycles. The van der Waals surface area contributed by atoms with E-state index in [1.807, 2.05) is 18.2 Å². The lowest BCUT2D eigenvalue weighted by Gasteiger charge is -2.39. The van der Waals surface area contributed by atoms with Crippen LogP contribution in [0.4, 0.5) is 5.69 Å². The van der Waals surface area contributed by atoms with E-state index in [1.54, 1.807) is 12.1 Å². The molecule has 0 saturated heterocycles. The number of carboxylic acids is 1. The lowest BCUT2D eigenvalue weighted by Crippen LogP contribution is -2.30. The van der Waals surface area contributed by atoms with Crippen LogP contribution in [0.1, 0.15) is 39.9 Å². The van der Waals surface area contributed by atoms with Gasteiger partial charge in [0.05, 0.1) is 22.3 Å². The monoisotopic (exact) mass is 403 g/mol. The Hall–Kier alpha value is -1.78. The van der Waals surface area contributed by atoms with Gasteiger partial charge in [0.2, 0.25) is 0 Å². The van der Waals surface area contributed by atoms with Gasteiger partial charge in [-0.1, -0.05) is 57.9 Å². The minimum absolute atomic E-state index is 0.0585. The number of fused-ring (bicyclic) bond motifs is 3. The third-order valence-electron chi connectivity index (χ3n) is 4.94. The molecule has 3 nitrogen and oxygen atoms in total. The maximum atomic E-state index is 11.7. The Bertz CT molecular complexity index is 864. The molecule has 0 fully saturated rings. The number of aromatic carboxylic acids is 1. The van der Waals surface area contributed by atoms with Crippen LogP contribution < -0.4 is 5.32 Å². The Morgan fingerprint density at radius 2 is 2.04 bits per heavy atom. The number of benzene rings is 2. The first-order valence-corrected chi connectivity index (χ1v) is 8.98. The number of allylic oxidation sites excluding steroid dienone is 2. The van der Waals surface area contributed by atoms with E-state index in [2.05, 4.69) is 39.5 Å². The van der Waals surface area contributed by atoms with Gasteiger partial charge in [0.25, 0.3) is 0 Å². The number of anilines is 1. The molecule has 4 rings (SSSR count). The van der Waals surface area contributed by atoms with Gasteiger partial charge in [-0.15, -0.1) is 0 Å². The van der Waals surface area contributed by atoms with Crippen LogP contribution in [-0.2, 0) is 0 Å². The van der Waals surface area contributed by atoms with E-state index in [0.29, 0.717) is 10.6 Å². The molecule has 1 heterocycles. The molecule has 1 aliphatic carbocycles. The molecule has 0 unspecified atom stereocenters. The second-order valence-electron chi connectivity index (χ2n) is 6.19. The molecule has 2 N–H and O–H groups in total. The van der Waals surface area contributed by atoms with Gasteiger partial charge in [-0.05, 0) is 41.7 Å². The predicted molar refractivity (Wildman–Crippen MR) is 98.9 cm³/mol. The Balaban J connectivity index is 1.90. The molecule has 0 bridgehead atoms. The third-order valence-corrected chi connectivity index (χ3v) is 5.98. The molecule has 122 valence electrons. The van der Waals surface area contributed by atoms with Gasteiger partial charge in [-0.2, -0.15) is 0 Å². The molecule has 5 heteroatoms. The van der Waals surface area contributed by atoms with E-state index in [4.69, 9.17) is 11.6 Å². The standard InChI is InChI=1S/C19H15BrClNO2/c20-14-7-2-1-4-12(14)17-11-6-3-5-10(11)16-13(19(23)24)8-9-15(21)18(16)22-17/h1-5,7-11,17,22H,6H2,(H,23,24)/t10-,11-,17-/m0/s1. The first kappa shape index (κ1) is 15.7. The normalized spacial score (nSPS) is 24.2. The average Bonchev–Trinajstić information content (AvgIpc) is 3.05.